The molecule has 0 aromatic carbocycles. The van der Waals surface area contributed by atoms with Gasteiger partial charge in [-0.25, -0.2) is 9.78 Å². The van der Waals surface area contributed by atoms with Gasteiger partial charge in [-0.15, -0.1) is 0 Å². The number of anilines is 1. The molecule has 0 saturated carbocycles. The third-order valence-electron chi connectivity index (χ3n) is 4.58. The average molecular weight is 394 g/mol. The van der Waals surface area contributed by atoms with Crippen LogP contribution in [0.4, 0.5) is 19.0 Å². The van der Waals surface area contributed by atoms with Crippen LogP contribution >= 0.6 is 11.6 Å². The summed E-state index contributed by atoms with van der Waals surface area (Å²) in [5.41, 5.74) is -0.916. The van der Waals surface area contributed by atoms with E-state index in [0.717, 1.165) is 12.3 Å². The maximum Gasteiger partial charge on any atom is 0.417 e. The maximum absolute atomic E-state index is 12.7. The Bertz CT molecular complexity index is 691. The van der Waals surface area contributed by atoms with E-state index in [0.29, 0.717) is 25.9 Å². The average Bonchev–Trinajstić information content (AvgIpc) is 2.59. The van der Waals surface area contributed by atoms with Crippen LogP contribution in [0.2, 0.25) is 5.02 Å². The van der Waals surface area contributed by atoms with Crippen LogP contribution in [0.15, 0.2) is 12.3 Å². The van der Waals surface area contributed by atoms with E-state index in [1.165, 1.54) is 18.9 Å². The Morgan fingerprint density at radius 3 is 2.42 bits per heavy atom. The van der Waals surface area contributed by atoms with Crippen molar-refractivity contribution in [2.45, 2.75) is 32.0 Å². The number of carboxylic acids is 1. The van der Waals surface area contributed by atoms with Gasteiger partial charge in [-0.2, -0.15) is 13.2 Å². The van der Waals surface area contributed by atoms with Crippen molar-refractivity contribution in [2.75, 3.05) is 25.0 Å². The highest BCUT2D eigenvalue weighted by atomic mass is 35.5. The van der Waals surface area contributed by atoms with Crippen molar-refractivity contribution < 1.29 is 27.9 Å². The van der Waals surface area contributed by atoms with Crippen molar-refractivity contribution in [2.24, 2.45) is 5.92 Å². The van der Waals surface area contributed by atoms with E-state index in [-0.39, 0.29) is 22.7 Å². The number of amides is 1. The predicted octanol–water partition coefficient (Wildman–Crippen LogP) is 2.90. The minimum absolute atomic E-state index is 0.0961. The number of aromatic nitrogens is 1. The Kier molecular flexibility index (Phi) is 6.00. The van der Waals surface area contributed by atoms with Crippen LogP contribution in [0.1, 0.15) is 25.3 Å². The third kappa shape index (κ3) is 4.38. The molecule has 1 aromatic heterocycles. The summed E-state index contributed by atoms with van der Waals surface area (Å²) >= 11 is 5.95. The van der Waals surface area contributed by atoms with Gasteiger partial charge in [0.05, 0.1) is 10.6 Å². The zero-order chi connectivity index (χ0) is 19.6. The first-order chi connectivity index (χ1) is 12.0. The number of pyridine rings is 1. The molecule has 1 N–H and O–H groups in total. The highest BCUT2D eigenvalue weighted by Gasteiger charge is 2.34. The van der Waals surface area contributed by atoms with Crippen molar-refractivity contribution in [3.63, 3.8) is 0 Å². The van der Waals surface area contributed by atoms with Crippen molar-refractivity contribution in [1.82, 2.24) is 9.88 Å². The van der Waals surface area contributed by atoms with E-state index in [9.17, 15) is 22.8 Å². The van der Waals surface area contributed by atoms with Gasteiger partial charge in [-0.3, -0.25) is 4.79 Å². The zero-order valence-corrected chi connectivity index (χ0v) is 15.0. The van der Waals surface area contributed by atoms with Crippen LogP contribution < -0.4 is 4.90 Å². The van der Waals surface area contributed by atoms with Crippen LogP contribution in [-0.4, -0.2) is 53.0 Å². The second-order valence-electron chi connectivity index (χ2n) is 6.25. The molecule has 0 radical (unpaired) electrons. The molecule has 1 unspecified atom stereocenters. The van der Waals surface area contributed by atoms with Gasteiger partial charge in [0, 0.05) is 32.3 Å². The molecule has 1 aliphatic rings. The molecule has 1 atom stereocenters. The van der Waals surface area contributed by atoms with Gasteiger partial charge < -0.3 is 14.9 Å². The summed E-state index contributed by atoms with van der Waals surface area (Å²) in [6.07, 6.45) is -2.90. The van der Waals surface area contributed by atoms with Crippen LogP contribution in [0.3, 0.4) is 0 Å². The van der Waals surface area contributed by atoms with Gasteiger partial charge in [0.1, 0.15) is 11.9 Å². The lowest BCUT2D eigenvalue weighted by Gasteiger charge is -2.35. The van der Waals surface area contributed by atoms with Gasteiger partial charge in [-0.05, 0) is 25.8 Å². The number of carboxylic acid groups (broad SMARTS) is 1. The molecule has 2 heterocycles. The van der Waals surface area contributed by atoms with Crippen LogP contribution in [0, 0.1) is 5.92 Å². The Hall–Kier alpha value is -2.03. The summed E-state index contributed by atoms with van der Waals surface area (Å²) in [5.74, 6) is -1.44. The SMILES string of the molecule is CC(C(=O)O)N(C)C(=O)C1CCN(c2ncc(C(F)(F)F)cc2Cl)CC1. The van der Waals surface area contributed by atoms with E-state index >= 15 is 0 Å². The molecule has 10 heteroatoms. The fraction of sp³-hybridized carbons (Fsp3) is 0.562. The Morgan fingerprint density at radius 1 is 1.38 bits per heavy atom. The van der Waals surface area contributed by atoms with Gasteiger partial charge in [0.15, 0.2) is 0 Å². The number of hydrogen-bond acceptors (Lipinski definition) is 4. The van der Waals surface area contributed by atoms with Crippen molar-refractivity contribution in [1.29, 1.82) is 0 Å². The number of carbonyl (C=O) groups excluding carboxylic acids is 1. The minimum atomic E-state index is -4.51. The molecule has 0 aliphatic carbocycles. The summed E-state index contributed by atoms with van der Waals surface area (Å²) in [6.45, 7) is 2.22. The van der Waals surface area contributed by atoms with Gasteiger partial charge >= 0.3 is 12.1 Å². The molecule has 1 amide bonds. The van der Waals surface area contributed by atoms with E-state index in [4.69, 9.17) is 16.7 Å². The van der Waals surface area contributed by atoms with Gasteiger partial charge in [0.25, 0.3) is 0 Å². The van der Waals surface area contributed by atoms with Gasteiger partial charge in [-0.1, -0.05) is 11.6 Å². The number of nitrogens with zero attached hydrogens (tertiary/aromatic N) is 3. The number of piperidine rings is 1. The summed E-state index contributed by atoms with van der Waals surface area (Å²) in [5, 5.41) is 8.90. The molecule has 1 aliphatic heterocycles. The number of hydrogen-bond donors (Lipinski definition) is 1. The monoisotopic (exact) mass is 393 g/mol. The van der Waals surface area contributed by atoms with Crippen LogP contribution in [0.25, 0.3) is 0 Å². The number of carbonyl (C=O) groups is 2. The lowest BCUT2D eigenvalue weighted by atomic mass is 9.95. The molecule has 1 aromatic rings. The summed E-state index contributed by atoms with van der Waals surface area (Å²) in [7, 11) is 1.45. The predicted molar refractivity (Wildman–Crippen MR) is 89.1 cm³/mol. The Morgan fingerprint density at radius 2 is 1.96 bits per heavy atom. The molecule has 6 nitrogen and oxygen atoms in total. The second kappa shape index (κ2) is 7.69. The van der Waals surface area contributed by atoms with E-state index in [1.807, 2.05) is 0 Å². The molecule has 0 spiro atoms. The van der Waals surface area contributed by atoms with Crippen molar-refractivity contribution in [3.05, 3.63) is 22.8 Å². The van der Waals surface area contributed by atoms with E-state index < -0.39 is 23.8 Å². The van der Waals surface area contributed by atoms with Gasteiger partial charge in [0.2, 0.25) is 5.91 Å². The molecule has 1 saturated heterocycles. The zero-order valence-electron chi connectivity index (χ0n) is 14.3. The molecule has 2 rings (SSSR count). The largest absolute Gasteiger partial charge is 0.480 e. The van der Waals surface area contributed by atoms with Crippen molar-refractivity contribution >= 4 is 29.3 Å². The van der Waals surface area contributed by atoms with Crippen LogP contribution in [0.5, 0.6) is 0 Å². The highest BCUT2D eigenvalue weighted by molar-refractivity contribution is 6.33. The van der Waals surface area contributed by atoms with Crippen molar-refractivity contribution in [3.8, 4) is 0 Å². The quantitative estimate of drug-likeness (QED) is 0.851. The maximum atomic E-state index is 12.7. The topological polar surface area (TPSA) is 73.7 Å². The number of alkyl halides is 3. The Labute approximate surface area is 153 Å². The van der Waals surface area contributed by atoms with Crippen LogP contribution in [-0.2, 0) is 15.8 Å². The smallest absolute Gasteiger partial charge is 0.417 e. The first-order valence-electron chi connectivity index (χ1n) is 7.99. The number of likely N-dealkylation sites (N-methyl/N-ethyl adjacent to an activating group) is 1. The lowest BCUT2D eigenvalue weighted by Crippen LogP contribution is -2.46. The molecule has 0 bridgehead atoms. The van der Waals surface area contributed by atoms with E-state index in [1.54, 1.807) is 4.90 Å². The summed E-state index contributed by atoms with van der Waals surface area (Å²) in [6, 6.07) is -0.0877. The molecule has 144 valence electrons. The number of rotatable bonds is 4. The Balaban J connectivity index is 2.02. The summed E-state index contributed by atoms with van der Waals surface area (Å²) < 4.78 is 38.1. The molecular weight excluding hydrogens is 375 g/mol. The first kappa shape index (κ1) is 20.3. The fourth-order valence-corrected chi connectivity index (χ4v) is 3.09. The number of aliphatic carboxylic acids is 1. The normalized spacial score (nSPS) is 17.1. The second-order valence-corrected chi connectivity index (χ2v) is 6.66. The molecular formula is C16H19ClF3N3O3. The molecule has 1 fully saturated rings. The van der Waals surface area contributed by atoms with E-state index in [2.05, 4.69) is 4.98 Å². The highest BCUT2D eigenvalue weighted by Crippen LogP contribution is 2.34. The standard InChI is InChI=1S/C16H19ClF3N3O3/c1-9(15(25)26)22(2)14(24)10-3-5-23(6-4-10)13-12(17)7-11(8-21-13)16(18,19)20/h7-10H,3-6H2,1-2H3,(H,25,26). The fourth-order valence-electron chi connectivity index (χ4n) is 2.80. The molecule has 26 heavy (non-hydrogen) atoms. The lowest BCUT2D eigenvalue weighted by molar-refractivity contribution is -0.150. The third-order valence-corrected chi connectivity index (χ3v) is 4.86. The first-order valence-corrected chi connectivity index (χ1v) is 8.37. The number of halogens is 4. The minimum Gasteiger partial charge on any atom is -0.480 e. The summed E-state index contributed by atoms with van der Waals surface area (Å²) in [4.78, 5) is 30.1.